The number of carbonyl (C=O) groups is 1. The Morgan fingerprint density at radius 2 is 1.58 bits per heavy atom. The summed E-state index contributed by atoms with van der Waals surface area (Å²) in [6, 6.07) is 9.50. The van der Waals surface area contributed by atoms with Gasteiger partial charge in [-0.3, -0.25) is 14.9 Å². The van der Waals surface area contributed by atoms with Crippen LogP contribution in [0.3, 0.4) is 0 Å². The maximum Gasteiger partial charge on any atom is 0.294 e. The van der Waals surface area contributed by atoms with Crippen molar-refractivity contribution in [1.82, 2.24) is 4.90 Å². The van der Waals surface area contributed by atoms with Crippen LogP contribution in [0.4, 0.5) is 11.4 Å². The largest absolute Gasteiger partial charge is 0.361 e. The maximum absolute atomic E-state index is 12.7. The number of halogens is 3. The van der Waals surface area contributed by atoms with Crippen LogP contribution < -0.4 is 4.90 Å². The van der Waals surface area contributed by atoms with E-state index >= 15 is 0 Å². The van der Waals surface area contributed by atoms with Crippen LogP contribution >= 0.6 is 34.8 Å². The first kappa shape index (κ1) is 18.8. The molecule has 9 heteroatoms. The van der Waals surface area contributed by atoms with Crippen LogP contribution in [0.1, 0.15) is 10.4 Å². The summed E-state index contributed by atoms with van der Waals surface area (Å²) in [7, 11) is 0. The first-order valence-electron chi connectivity index (χ1n) is 7.81. The molecular formula is C17H14Cl3N3O3. The third-order valence-corrected chi connectivity index (χ3v) is 5.35. The van der Waals surface area contributed by atoms with Gasteiger partial charge in [-0.25, -0.2) is 0 Å². The van der Waals surface area contributed by atoms with E-state index in [-0.39, 0.29) is 16.6 Å². The number of hydrogen-bond donors (Lipinski definition) is 0. The summed E-state index contributed by atoms with van der Waals surface area (Å²) < 4.78 is 0. The Labute approximate surface area is 165 Å². The number of rotatable bonds is 3. The second-order valence-electron chi connectivity index (χ2n) is 5.75. The van der Waals surface area contributed by atoms with Crippen molar-refractivity contribution < 1.29 is 9.72 Å². The molecule has 0 spiro atoms. The van der Waals surface area contributed by atoms with Gasteiger partial charge in [0.05, 0.1) is 25.6 Å². The zero-order valence-corrected chi connectivity index (χ0v) is 15.8. The smallest absolute Gasteiger partial charge is 0.294 e. The quantitative estimate of drug-likeness (QED) is 0.547. The van der Waals surface area contributed by atoms with E-state index in [1.54, 1.807) is 35.2 Å². The van der Waals surface area contributed by atoms with Gasteiger partial charge in [-0.1, -0.05) is 46.9 Å². The van der Waals surface area contributed by atoms with Gasteiger partial charge in [0.2, 0.25) is 0 Å². The number of nitrogens with zero attached hydrogens (tertiary/aromatic N) is 3. The van der Waals surface area contributed by atoms with E-state index in [1.165, 1.54) is 6.07 Å². The standard InChI is InChI=1S/C17H14Cl3N3O3/c18-12-4-1-3-11(15(12)20)17(24)22-9-7-21(8-10-22)16-13(19)5-2-6-14(16)23(25)26/h1-6H,7-10H2. The fourth-order valence-corrected chi connectivity index (χ4v) is 3.61. The van der Waals surface area contributed by atoms with Crippen molar-refractivity contribution in [2.24, 2.45) is 0 Å². The Kier molecular flexibility index (Phi) is 5.55. The summed E-state index contributed by atoms with van der Waals surface area (Å²) in [5.74, 6) is -0.217. The fourth-order valence-electron chi connectivity index (χ4n) is 2.94. The predicted octanol–water partition coefficient (Wildman–Crippen LogP) is 4.52. The minimum Gasteiger partial charge on any atom is -0.361 e. The van der Waals surface area contributed by atoms with Crippen LogP contribution in [0.2, 0.25) is 15.1 Å². The number of nitro groups is 1. The molecule has 0 aliphatic carbocycles. The molecule has 136 valence electrons. The highest BCUT2D eigenvalue weighted by Crippen LogP contribution is 2.36. The lowest BCUT2D eigenvalue weighted by Crippen LogP contribution is -2.49. The normalized spacial score (nSPS) is 14.4. The van der Waals surface area contributed by atoms with Gasteiger partial charge in [0.1, 0.15) is 5.69 Å². The first-order chi connectivity index (χ1) is 12.4. The minimum absolute atomic E-state index is 0.0461. The van der Waals surface area contributed by atoms with E-state index in [4.69, 9.17) is 34.8 Å². The molecule has 0 saturated carbocycles. The van der Waals surface area contributed by atoms with Crippen LogP contribution in [0.5, 0.6) is 0 Å². The molecule has 1 aliphatic rings. The molecule has 1 saturated heterocycles. The van der Waals surface area contributed by atoms with Crippen molar-refractivity contribution in [3.8, 4) is 0 Å². The molecule has 1 heterocycles. The molecule has 3 rings (SSSR count). The fraction of sp³-hybridized carbons (Fsp3) is 0.235. The molecule has 2 aromatic rings. The van der Waals surface area contributed by atoms with Crippen LogP contribution in [-0.2, 0) is 0 Å². The lowest BCUT2D eigenvalue weighted by atomic mass is 10.1. The molecule has 2 aromatic carbocycles. The van der Waals surface area contributed by atoms with Crippen molar-refractivity contribution in [3.63, 3.8) is 0 Å². The van der Waals surface area contributed by atoms with E-state index in [0.717, 1.165) is 0 Å². The number of nitro benzene ring substituents is 1. The lowest BCUT2D eigenvalue weighted by Gasteiger charge is -2.36. The summed E-state index contributed by atoms with van der Waals surface area (Å²) in [5, 5.41) is 12.1. The molecule has 0 bridgehead atoms. The number of carbonyl (C=O) groups excluding carboxylic acids is 1. The van der Waals surface area contributed by atoms with Crippen LogP contribution in [-0.4, -0.2) is 41.9 Å². The van der Waals surface area contributed by atoms with Crippen LogP contribution in [0, 0.1) is 10.1 Å². The molecule has 0 N–H and O–H groups in total. The van der Waals surface area contributed by atoms with Crippen molar-refractivity contribution in [2.75, 3.05) is 31.1 Å². The molecular weight excluding hydrogens is 401 g/mol. The molecule has 0 unspecified atom stereocenters. The SMILES string of the molecule is O=C(c1cccc(Cl)c1Cl)N1CCN(c2c(Cl)cccc2[N+](=O)[O-])CC1. The Hall–Kier alpha value is -2.02. The Balaban J connectivity index is 1.77. The van der Waals surface area contributed by atoms with Gasteiger partial charge in [0.15, 0.2) is 0 Å². The highest BCUT2D eigenvalue weighted by atomic mass is 35.5. The summed E-state index contributed by atoms with van der Waals surface area (Å²) in [4.78, 5) is 27.0. The van der Waals surface area contributed by atoms with Gasteiger partial charge in [-0.05, 0) is 18.2 Å². The zero-order chi connectivity index (χ0) is 18.8. The molecule has 1 aliphatic heterocycles. The second kappa shape index (κ2) is 7.70. The Morgan fingerprint density at radius 3 is 2.23 bits per heavy atom. The molecule has 26 heavy (non-hydrogen) atoms. The van der Waals surface area contributed by atoms with Crippen molar-refractivity contribution >= 4 is 52.1 Å². The van der Waals surface area contributed by atoms with E-state index in [0.29, 0.717) is 47.5 Å². The number of hydrogen-bond acceptors (Lipinski definition) is 4. The third kappa shape index (κ3) is 3.58. The van der Waals surface area contributed by atoms with Gasteiger partial charge in [0, 0.05) is 32.2 Å². The zero-order valence-electron chi connectivity index (χ0n) is 13.5. The lowest BCUT2D eigenvalue weighted by molar-refractivity contribution is -0.384. The highest BCUT2D eigenvalue weighted by molar-refractivity contribution is 6.43. The predicted molar refractivity (Wildman–Crippen MR) is 103 cm³/mol. The van der Waals surface area contributed by atoms with Crippen LogP contribution in [0.25, 0.3) is 0 Å². The summed E-state index contributed by atoms with van der Waals surface area (Å²) in [6.07, 6.45) is 0. The third-order valence-electron chi connectivity index (χ3n) is 4.23. The molecule has 0 atom stereocenters. The Morgan fingerprint density at radius 1 is 0.962 bits per heavy atom. The van der Waals surface area contributed by atoms with Crippen molar-refractivity contribution in [2.45, 2.75) is 0 Å². The van der Waals surface area contributed by atoms with Crippen molar-refractivity contribution in [3.05, 3.63) is 67.1 Å². The molecule has 1 amide bonds. The van der Waals surface area contributed by atoms with Gasteiger partial charge >= 0.3 is 0 Å². The summed E-state index contributed by atoms with van der Waals surface area (Å²) in [5.41, 5.74) is 0.679. The average Bonchev–Trinajstić information content (AvgIpc) is 2.63. The van der Waals surface area contributed by atoms with Gasteiger partial charge in [-0.15, -0.1) is 0 Å². The van der Waals surface area contributed by atoms with Gasteiger partial charge in [-0.2, -0.15) is 0 Å². The first-order valence-corrected chi connectivity index (χ1v) is 8.94. The monoisotopic (exact) mass is 413 g/mol. The molecule has 1 fully saturated rings. The minimum atomic E-state index is -0.454. The van der Waals surface area contributed by atoms with Gasteiger partial charge in [0.25, 0.3) is 11.6 Å². The number of benzene rings is 2. The Bertz CT molecular complexity index is 868. The number of piperazine rings is 1. The van der Waals surface area contributed by atoms with E-state index in [9.17, 15) is 14.9 Å². The molecule has 0 radical (unpaired) electrons. The van der Waals surface area contributed by atoms with E-state index < -0.39 is 4.92 Å². The van der Waals surface area contributed by atoms with E-state index in [1.807, 2.05) is 4.90 Å². The van der Waals surface area contributed by atoms with Gasteiger partial charge < -0.3 is 9.80 Å². The topological polar surface area (TPSA) is 66.7 Å². The highest BCUT2D eigenvalue weighted by Gasteiger charge is 2.28. The molecule has 6 nitrogen and oxygen atoms in total. The second-order valence-corrected chi connectivity index (χ2v) is 6.94. The maximum atomic E-state index is 12.7. The van der Waals surface area contributed by atoms with Crippen molar-refractivity contribution in [1.29, 1.82) is 0 Å². The average molecular weight is 415 g/mol. The number of anilines is 1. The number of para-hydroxylation sites is 1. The summed E-state index contributed by atoms with van der Waals surface area (Å²) in [6.45, 7) is 1.64. The number of amides is 1. The summed E-state index contributed by atoms with van der Waals surface area (Å²) >= 11 is 18.3. The van der Waals surface area contributed by atoms with Crippen LogP contribution in [0.15, 0.2) is 36.4 Å². The molecule has 0 aromatic heterocycles. The van der Waals surface area contributed by atoms with E-state index in [2.05, 4.69) is 0 Å².